The Labute approximate surface area is 600 Å². The minimum atomic E-state index is 0.571. The first-order valence-electron chi connectivity index (χ1n) is 34.4. The van der Waals surface area contributed by atoms with Gasteiger partial charge in [0.2, 0.25) is 0 Å². The lowest BCUT2D eigenvalue weighted by Gasteiger charge is -2.16. The van der Waals surface area contributed by atoms with Gasteiger partial charge in [0.25, 0.3) is 0 Å². The Balaban J connectivity index is 0.828. The summed E-state index contributed by atoms with van der Waals surface area (Å²) in [5, 5.41) is 14.9. The van der Waals surface area contributed by atoms with Gasteiger partial charge < -0.3 is 9.13 Å². The summed E-state index contributed by atoms with van der Waals surface area (Å²) in [6, 6.07) is 119. The average molecular weight is 1370 g/mol. The number of aromatic nitrogens is 5. The molecule has 0 radical (unpaired) electrons. The standard InChI is InChI=1S/C93H53N5S4/c1-3-19-54(20-4-1)91-94-92(55-21-5-2-6-22-55)96-93(95-91)60-47-61(97-79-43-39-56(63-27-15-31-71-67-23-7-11-35-83(67)99-87(63)71)49-75(79)76-50-57(40-44-80(76)97)64-28-16-32-72-68-24-8-12-36-84(68)100-88(64)72)53-62(48-60)98-81-45-41-58(65-29-17-33-73-69-25-9-13-37-85(69)101-89(65)73)51-77(81)78-52-59(42-46-82(78)98)66-30-18-34-74-70-26-10-14-38-86(70)102-90(66)74/h1-53H. The van der Waals surface area contributed by atoms with Crippen LogP contribution in [0, 0.1) is 0 Å². The van der Waals surface area contributed by atoms with Crippen molar-refractivity contribution in [2.24, 2.45) is 0 Å². The number of fused-ring (bicyclic) bond motifs is 18. The predicted molar refractivity (Wildman–Crippen MR) is 438 cm³/mol. The van der Waals surface area contributed by atoms with Gasteiger partial charge >= 0.3 is 0 Å². The van der Waals surface area contributed by atoms with Crippen molar-refractivity contribution >= 4 is 170 Å². The smallest absolute Gasteiger partial charge is 0.164 e. The molecule has 22 aromatic rings. The summed E-state index contributed by atoms with van der Waals surface area (Å²) in [4.78, 5) is 16.2. The molecule has 0 spiro atoms. The lowest BCUT2D eigenvalue weighted by Crippen LogP contribution is -2.03. The van der Waals surface area contributed by atoms with E-state index >= 15 is 0 Å². The van der Waals surface area contributed by atoms with E-state index in [1.807, 2.05) is 57.5 Å². The van der Waals surface area contributed by atoms with Crippen molar-refractivity contribution in [2.45, 2.75) is 0 Å². The second kappa shape index (κ2) is 22.7. The average Bonchev–Trinajstić information content (AvgIpc) is 1.57. The zero-order chi connectivity index (χ0) is 66.7. The van der Waals surface area contributed by atoms with Crippen LogP contribution >= 0.6 is 45.3 Å². The van der Waals surface area contributed by atoms with E-state index in [0.29, 0.717) is 17.5 Å². The van der Waals surface area contributed by atoms with Gasteiger partial charge in [-0.2, -0.15) is 0 Å². The number of rotatable bonds is 9. The van der Waals surface area contributed by atoms with Crippen LogP contribution in [0.5, 0.6) is 0 Å². The van der Waals surface area contributed by atoms with Crippen molar-refractivity contribution in [2.75, 3.05) is 0 Å². The van der Waals surface area contributed by atoms with Crippen LogP contribution in [0.4, 0.5) is 0 Å². The summed E-state index contributed by atoms with van der Waals surface area (Å²) in [6.45, 7) is 0. The fourth-order valence-electron chi connectivity index (χ4n) is 16.1. The maximum Gasteiger partial charge on any atom is 0.164 e. The van der Waals surface area contributed by atoms with Gasteiger partial charge in [0, 0.05) is 130 Å². The quantitative estimate of drug-likeness (QED) is 0.145. The highest BCUT2D eigenvalue weighted by atomic mass is 32.1. The Morgan fingerprint density at radius 1 is 0.186 bits per heavy atom. The molecule has 0 fully saturated rings. The molecule has 7 aromatic heterocycles. The second-order valence-electron chi connectivity index (χ2n) is 26.5. The van der Waals surface area contributed by atoms with Gasteiger partial charge in [-0.15, -0.1) is 45.3 Å². The van der Waals surface area contributed by atoms with E-state index in [1.165, 1.54) is 125 Å². The Bertz CT molecular complexity index is 6500. The van der Waals surface area contributed by atoms with Gasteiger partial charge in [-0.25, -0.2) is 15.0 Å². The highest BCUT2D eigenvalue weighted by Gasteiger charge is 2.25. The Kier molecular flexibility index (Phi) is 12.8. The van der Waals surface area contributed by atoms with Crippen LogP contribution in [-0.2, 0) is 0 Å². The summed E-state index contributed by atoms with van der Waals surface area (Å²) in [5.74, 6) is 1.77. The van der Waals surface area contributed by atoms with Gasteiger partial charge in [0.1, 0.15) is 0 Å². The second-order valence-corrected chi connectivity index (χ2v) is 30.7. The Morgan fingerprint density at radius 2 is 0.451 bits per heavy atom. The summed E-state index contributed by atoms with van der Waals surface area (Å²) in [5.41, 5.74) is 18.6. The molecular weight excluding hydrogens is 1320 g/mol. The first-order chi connectivity index (χ1) is 50.5. The molecule has 0 amide bonds. The van der Waals surface area contributed by atoms with Crippen LogP contribution in [-0.4, -0.2) is 24.1 Å². The van der Waals surface area contributed by atoms with Gasteiger partial charge in [0.15, 0.2) is 17.5 Å². The normalized spacial score (nSPS) is 12.1. The minimum Gasteiger partial charge on any atom is -0.309 e. The van der Waals surface area contributed by atoms with Crippen molar-refractivity contribution in [3.05, 3.63) is 322 Å². The molecule has 0 saturated heterocycles. The van der Waals surface area contributed by atoms with Gasteiger partial charge in [-0.05, 0) is 136 Å². The number of hydrogen-bond donors (Lipinski definition) is 0. The lowest BCUT2D eigenvalue weighted by atomic mass is 9.98. The molecule has 474 valence electrons. The van der Waals surface area contributed by atoms with Crippen molar-refractivity contribution < 1.29 is 0 Å². The molecule has 5 nitrogen and oxygen atoms in total. The number of nitrogens with zero attached hydrogens (tertiary/aromatic N) is 5. The van der Waals surface area contributed by atoms with E-state index in [-0.39, 0.29) is 0 Å². The van der Waals surface area contributed by atoms with Crippen molar-refractivity contribution in [1.82, 2.24) is 24.1 Å². The number of thiophene rings is 4. The summed E-state index contributed by atoms with van der Waals surface area (Å²) in [7, 11) is 0. The Morgan fingerprint density at radius 3 is 0.755 bits per heavy atom. The lowest BCUT2D eigenvalue weighted by molar-refractivity contribution is 1.07. The summed E-state index contributed by atoms with van der Waals surface area (Å²) < 4.78 is 15.3. The van der Waals surface area contributed by atoms with Crippen molar-refractivity contribution in [3.8, 4) is 90.0 Å². The van der Waals surface area contributed by atoms with E-state index in [4.69, 9.17) is 15.0 Å². The van der Waals surface area contributed by atoms with Gasteiger partial charge in [0.05, 0.1) is 22.1 Å². The molecule has 0 saturated carbocycles. The van der Waals surface area contributed by atoms with Crippen LogP contribution in [0.2, 0.25) is 0 Å². The molecule has 0 bridgehead atoms. The third-order valence-corrected chi connectivity index (χ3v) is 25.6. The molecular formula is C93H53N5S4. The maximum absolute atomic E-state index is 5.50. The van der Waals surface area contributed by atoms with E-state index < -0.39 is 0 Å². The number of benzene rings is 15. The Hall–Kier alpha value is -12.2. The van der Waals surface area contributed by atoms with E-state index in [1.54, 1.807) is 0 Å². The van der Waals surface area contributed by atoms with E-state index in [0.717, 1.165) is 71.7 Å². The topological polar surface area (TPSA) is 48.5 Å². The van der Waals surface area contributed by atoms with Crippen LogP contribution < -0.4 is 0 Å². The molecule has 0 unspecified atom stereocenters. The van der Waals surface area contributed by atoms with Gasteiger partial charge in [-0.1, -0.05) is 231 Å². The summed E-state index contributed by atoms with van der Waals surface area (Å²) in [6.07, 6.45) is 0. The molecule has 102 heavy (non-hydrogen) atoms. The van der Waals surface area contributed by atoms with Crippen molar-refractivity contribution in [3.63, 3.8) is 0 Å². The van der Waals surface area contributed by atoms with E-state index in [2.05, 4.69) is 319 Å². The first kappa shape index (κ1) is 57.7. The largest absolute Gasteiger partial charge is 0.309 e. The number of hydrogen-bond acceptors (Lipinski definition) is 7. The molecule has 7 heterocycles. The molecule has 0 atom stereocenters. The molecule has 0 aliphatic carbocycles. The van der Waals surface area contributed by atoms with Crippen LogP contribution in [0.1, 0.15) is 0 Å². The predicted octanol–water partition coefficient (Wildman–Crippen LogP) is 27.2. The third-order valence-electron chi connectivity index (χ3n) is 20.8. The highest BCUT2D eigenvalue weighted by Crippen LogP contribution is 2.49. The highest BCUT2D eigenvalue weighted by molar-refractivity contribution is 7.27. The van der Waals surface area contributed by atoms with E-state index in [9.17, 15) is 0 Å². The minimum absolute atomic E-state index is 0.571. The zero-order valence-corrected chi connectivity index (χ0v) is 57.7. The fourth-order valence-corrected chi connectivity index (χ4v) is 21.0. The molecule has 9 heteroatoms. The molecule has 22 rings (SSSR count). The first-order valence-corrected chi connectivity index (χ1v) is 37.6. The van der Waals surface area contributed by atoms with Gasteiger partial charge in [-0.3, -0.25) is 0 Å². The maximum atomic E-state index is 5.50. The SMILES string of the molecule is c1ccc(-c2nc(-c3ccccc3)nc(-c3cc(-n4c5ccc(-c6cccc7c6sc6ccccc67)cc5c5cc(-c6cccc7c6sc6ccccc67)ccc54)cc(-n4c5ccc(-c6cccc7c6sc6ccccc67)cc5c5cc(-c6cccc7c6sc6ccccc67)ccc54)c3)n2)cc1. The summed E-state index contributed by atoms with van der Waals surface area (Å²) >= 11 is 7.50. The molecule has 0 aliphatic heterocycles. The van der Waals surface area contributed by atoms with Crippen LogP contribution in [0.3, 0.4) is 0 Å². The van der Waals surface area contributed by atoms with Crippen molar-refractivity contribution in [1.29, 1.82) is 0 Å². The van der Waals surface area contributed by atoms with Crippen LogP contribution in [0.25, 0.3) is 214 Å². The van der Waals surface area contributed by atoms with Crippen LogP contribution in [0.15, 0.2) is 322 Å². The fraction of sp³-hybridized carbons (Fsp3) is 0. The molecule has 0 N–H and O–H groups in total. The monoisotopic (exact) mass is 1370 g/mol. The zero-order valence-electron chi connectivity index (χ0n) is 54.5. The molecule has 15 aromatic carbocycles. The third kappa shape index (κ3) is 8.95. The molecule has 0 aliphatic rings.